The molecule has 0 aliphatic carbocycles. The van der Waals surface area contributed by atoms with Crippen molar-refractivity contribution in [2.24, 2.45) is 0 Å². The zero-order valence-corrected chi connectivity index (χ0v) is 15.8. The summed E-state index contributed by atoms with van der Waals surface area (Å²) in [5, 5.41) is 0.567. The van der Waals surface area contributed by atoms with Gasteiger partial charge in [-0.2, -0.15) is 0 Å². The van der Waals surface area contributed by atoms with Crippen molar-refractivity contribution in [1.29, 1.82) is 0 Å². The quantitative estimate of drug-likeness (QED) is 0.730. The number of likely N-dealkylation sites (N-methyl/N-ethyl adjacent to an activating group) is 2. The Labute approximate surface area is 158 Å². The van der Waals surface area contributed by atoms with E-state index in [9.17, 15) is 9.59 Å². The van der Waals surface area contributed by atoms with Crippen LogP contribution in [0.5, 0.6) is 0 Å². The van der Waals surface area contributed by atoms with E-state index in [0.29, 0.717) is 29.8 Å². The molecule has 0 saturated heterocycles. The number of aromatic amines is 1. The maximum Gasteiger partial charge on any atom is 0.258 e. The predicted octanol–water partition coefficient (Wildman–Crippen LogP) is 2.80. The van der Waals surface area contributed by atoms with E-state index in [2.05, 4.69) is 9.97 Å². The van der Waals surface area contributed by atoms with Crippen LogP contribution in [0.2, 0.25) is 0 Å². The van der Waals surface area contributed by atoms with Gasteiger partial charge in [0, 0.05) is 12.7 Å². The number of hydrogen-bond acceptors (Lipinski definition) is 4. The number of para-hydroxylation sites is 2. The van der Waals surface area contributed by atoms with E-state index in [0.717, 1.165) is 5.69 Å². The molecule has 0 fully saturated rings. The fourth-order valence-electron chi connectivity index (χ4n) is 3.14. The molecule has 0 aliphatic rings. The van der Waals surface area contributed by atoms with Crippen molar-refractivity contribution < 1.29 is 4.79 Å². The van der Waals surface area contributed by atoms with Gasteiger partial charge in [0.05, 0.1) is 23.5 Å². The Morgan fingerprint density at radius 2 is 1.78 bits per heavy atom. The van der Waals surface area contributed by atoms with Crippen LogP contribution in [0.25, 0.3) is 10.9 Å². The Kier molecular flexibility index (Phi) is 5.66. The van der Waals surface area contributed by atoms with E-state index < -0.39 is 0 Å². The number of anilines is 1. The molecule has 6 nitrogen and oxygen atoms in total. The summed E-state index contributed by atoms with van der Waals surface area (Å²) in [5.41, 5.74) is 1.35. The van der Waals surface area contributed by atoms with Crippen LogP contribution in [0.3, 0.4) is 0 Å². The smallest absolute Gasteiger partial charge is 0.258 e. The van der Waals surface area contributed by atoms with Crippen LogP contribution in [0.4, 0.5) is 5.69 Å². The second-order valence-corrected chi connectivity index (χ2v) is 6.50. The van der Waals surface area contributed by atoms with Crippen molar-refractivity contribution in [1.82, 2.24) is 14.9 Å². The molecule has 0 spiro atoms. The summed E-state index contributed by atoms with van der Waals surface area (Å²) < 4.78 is 0. The average molecular weight is 364 g/mol. The lowest BCUT2D eigenvalue weighted by Gasteiger charge is -2.30. The van der Waals surface area contributed by atoms with Gasteiger partial charge in [-0.1, -0.05) is 37.3 Å². The van der Waals surface area contributed by atoms with Crippen LogP contribution in [-0.4, -0.2) is 40.4 Å². The lowest BCUT2D eigenvalue weighted by molar-refractivity contribution is -0.123. The van der Waals surface area contributed by atoms with E-state index in [1.54, 1.807) is 18.0 Å². The lowest BCUT2D eigenvalue weighted by atomic mass is 10.2. The van der Waals surface area contributed by atoms with Gasteiger partial charge in [-0.05, 0) is 37.7 Å². The first kappa shape index (κ1) is 18.8. The van der Waals surface area contributed by atoms with Crippen LogP contribution in [-0.2, 0) is 11.3 Å². The molecule has 1 aromatic heterocycles. The normalized spacial score (nSPS) is 12.3. The number of nitrogens with zero attached hydrogens (tertiary/aromatic N) is 3. The number of carbonyl (C=O) groups is 1. The number of hydrogen-bond donors (Lipinski definition) is 1. The Morgan fingerprint density at radius 3 is 2.48 bits per heavy atom. The molecule has 1 atom stereocenters. The van der Waals surface area contributed by atoms with E-state index in [-0.39, 0.29) is 17.5 Å². The second-order valence-electron chi connectivity index (χ2n) is 6.50. The van der Waals surface area contributed by atoms with Gasteiger partial charge in [0.2, 0.25) is 5.91 Å². The largest absolute Gasteiger partial charge is 0.314 e. The number of nitrogens with one attached hydrogen (secondary N) is 1. The van der Waals surface area contributed by atoms with Crippen molar-refractivity contribution in [2.75, 3.05) is 18.5 Å². The van der Waals surface area contributed by atoms with Crippen LogP contribution >= 0.6 is 0 Å². The second kappa shape index (κ2) is 8.14. The Bertz CT molecular complexity index is 984. The monoisotopic (exact) mass is 364 g/mol. The van der Waals surface area contributed by atoms with Gasteiger partial charge in [0.25, 0.3) is 5.56 Å². The maximum absolute atomic E-state index is 12.9. The summed E-state index contributed by atoms with van der Waals surface area (Å²) in [6.07, 6.45) is 0. The number of H-pyrrole nitrogens is 1. The fraction of sp³-hybridized carbons (Fsp3) is 0.286. The summed E-state index contributed by atoms with van der Waals surface area (Å²) in [5.74, 6) is 0.550. The van der Waals surface area contributed by atoms with Gasteiger partial charge >= 0.3 is 0 Å². The van der Waals surface area contributed by atoms with Crippen molar-refractivity contribution >= 4 is 22.5 Å². The first-order valence-corrected chi connectivity index (χ1v) is 9.06. The molecule has 0 radical (unpaired) electrons. The van der Waals surface area contributed by atoms with Gasteiger partial charge < -0.3 is 9.88 Å². The van der Waals surface area contributed by atoms with Crippen molar-refractivity contribution in [2.45, 2.75) is 26.4 Å². The molecule has 0 bridgehead atoms. The molecule has 27 heavy (non-hydrogen) atoms. The third-order valence-corrected chi connectivity index (χ3v) is 4.80. The molecule has 0 aliphatic heterocycles. The molecule has 6 heteroatoms. The molecule has 140 valence electrons. The molecule has 1 unspecified atom stereocenters. The molecule has 3 rings (SSSR count). The standard InChI is InChI=1S/C21H24N4O2/c1-4-25(15(2)21(27)24(3)16-10-6-5-7-11-16)14-19-22-18-13-9-8-12-17(18)20(26)23-19/h5-13,15H,4,14H2,1-3H3,(H,22,23,26). The first-order valence-electron chi connectivity index (χ1n) is 9.06. The highest BCUT2D eigenvalue weighted by molar-refractivity contribution is 5.96. The van der Waals surface area contributed by atoms with Gasteiger partial charge in [-0.15, -0.1) is 0 Å². The molecule has 1 heterocycles. The van der Waals surface area contributed by atoms with Crippen LogP contribution in [0.15, 0.2) is 59.4 Å². The number of aromatic nitrogens is 2. The van der Waals surface area contributed by atoms with Crippen LogP contribution < -0.4 is 10.5 Å². The average Bonchev–Trinajstić information content (AvgIpc) is 2.71. The number of benzene rings is 2. The highest BCUT2D eigenvalue weighted by atomic mass is 16.2. The number of amides is 1. The first-order chi connectivity index (χ1) is 13.0. The zero-order chi connectivity index (χ0) is 19.4. The van der Waals surface area contributed by atoms with Crippen molar-refractivity contribution in [3.63, 3.8) is 0 Å². The Balaban J connectivity index is 1.80. The molecule has 2 aromatic carbocycles. The van der Waals surface area contributed by atoms with E-state index in [1.807, 2.05) is 67.3 Å². The highest BCUT2D eigenvalue weighted by Crippen LogP contribution is 2.15. The zero-order valence-electron chi connectivity index (χ0n) is 15.8. The molecular weight excluding hydrogens is 340 g/mol. The minimum Gasteiger partial charge on any atom is -0.314 e. The predicted molar refractivity (Wildman–Crippen MR) is 108 cm³/mol. The summed E-state index contributed by atoms with van der Waals surface area (Å²) in [4.78, 5) is 36.2. The highest BCUT2D eigenvalue weighted by Gasteiger charge is 2.24. The van der Waals surface area contributed by atoms with E-state index in [4.69, 9.17) is 0 Å². The van der Waals surface area contributed by atoms with Gasteiger partial charge in [-0.25, -0.2) is 4.98 Å². The summed E-state index contributed by atoms with van der Waals surface area (Å²) >= 11 is 0. The van der Waals surface area contributed by atoms with Crippen molar-refractivity contribution in [3.05, 3.63) is 70.8 Å². The van der Waals surface area contributed by atoms with Gasteiger partial charge in [0.15, 0.2) is 0 Å². The third-order valence-electron chi connectivity index (χ3n) is 4.80. The Morgan fingerprint density at radius 1 is 1.11 bits per heavy atom. The maximum atomic E-state index is 12.9. The van der Waals surface area contributed by atoms with Crippen LogP contribution in [0, 0.1) is 0 Å². The SMILES string of the molecule is CCN(Cc1nc2ccccc2c(=O)[nH]1)C(C)C(=O)N(C)c1ccccc1. The summed E-state index contributed by atoms with van der Waals surface area (Å²) in [6, 6.07) is 16.4. The molecule has 0 saturated carbocycles. The summed E-state index contributed by atoms with van der Waals surface area (Å²) in [6.45, 7) is 4.92. The Hall–Kier alpha value is -2.99. The fourth-order valence-corrected chi connectivity index (χ4v) is 3.14. The van der Waals surface area contributed by atoms with Gasteiger partial charge in [-0.3, -0.25) is 14.5 Å². The summed E-state index contributed by atoms with van der Waals surface area (Å²) in [7, 11) is 1.78. The number of carbonyl (C=O) groups excluding carboxylic acids is 1. The van der Waals surface area contributed by atoms with E-state index >= 15 is 0 Å². The topological polar surface area (TPSA) is 69.3 Å². The number of rotatable bonds is 6. The number of fused-ring (bicyclic) bond motifs is 1. The molecule has 1 amide bonds. The minimum atomic E-state index is -0.350. The molecular formula is C21H24N4O2. The van der Waals surface area contributed by atoms with Gasteiger partial charge in [0.1, 0.15) is 5.82 Å². The third kappa shape index (κ3) is 4.06. The molecule has 3 aromatic rings. The minimum absolute atomic E-state index is 0.00816. The molecule has 1 N–H and O–H groups in total. The van der Waals surface area contributed by atoms with Crippen molar-refractivity contribution in [3.8, 4) is 0 Å². The lowest BCUT2D eigenvalue weighted by Crippen LogP contribution is -2.46. The van der Waals surface area contributed by atoms with Crippen LogP contribution in [0.1, 0.15) is 19.7 Å². The van der Waals surface area contributed by atoms with E-state index in [1.165, 1.54) is 0 Å².